The highest BCUT2D eigenvalue weighted by atomic mass is 35.5. The molecule has 1 aromatic rings. The van der Waals surface area contributed by atoms with Crippen LogP contribution >= 0.6 is 23.2 Å². The molecule has 1 saturated carbocycles. The smallest absolute Gasteiger partial charge is 0.0454 e. The first-order chi connectivity index (χ1) is 9.56. The number of likely N-dealkylation sites (tertiary alicyclic amines) is 1. The summed E-state index contributed by atoms with van der Waals surface area (Å²) in [5.41, 5.74) is 7.43. The zero-order chi connectivity index (χ0) is 14.3. The minimum atomic E-state index is 0.305. The monoisotopic (exact) mass is 312 g/mol. The first-order valence-corrected chi connectivity index (χ1v) is 8.26. The Hall–Kier alpha value is -0.280. The van der Waals surface area contributed by atoms with Gasteiger partial charge < -0.3 is 5.73 Å². The number of halogens is 2. The van der Waals surface area contributed by atoms with E-state index >= 15 is 0 Å². The van der Waals surface area contributed by atoms with Crippen LogP contribution in [0.25, 0.3) is 0 Å². The molecule has 20 heavy (non-hydrogen) atoms. The van der Waals surface area contributed by atoms with Gasteiger partial charge in [0, 0.05) is 35.2 Å². The molecule has 4 heteroatoms. The summed E-state index contributed by atoms with van der Waals surface area (Å²) in [4.78, 5) is 2.53. The summed E-state index contributed by atoms with van der Waals surface area (Å²) in [5, 5.41) is 1.56. The van der Waals surface area contributed by atoms with Crippen molar-refractivity contribution in [1.29, 1.82) is 0 Å². The maximum absolute atomic E-state index is 6.34. The normalized spacial score (nSPS) is 32.1. The van der Waals surface area contributed by atoms with Crippen molar-refractivity contribution in [2.75, 3.05) is 13.1 Å². The van der Waals surface area contributed by atoms with Gasteiger partial charge >= 0.3 is 0 Å². The molecule has 1 aromatic carbocycles. The van der Waals surface area contributed by atoms with E-state index in [0.29, 0.717) is 18.0 Å². The molecule has 0 spiro atoms. The van der Waals surface area contributed by atoms with Gasteiger partial charge in [0.25, 0.3) is 0 Å². The number of nitrogens with zero attached hydrogens (tertiary/aromatic N) is 1. The van der Waals surface area contributed by atoms with Crippen LogP contribution < -0.4 is 5.73 Å². The summed E-state index contributed by atoms with van der Waals surface area (Å²) in [6, 6.07) is 6.42. The van der Waals surface area contributed by atoms with Gasteiger partial charge in [-0.2, -0.15) is 0 Å². The first kappa shape index (κ1) is 14.6. The molecule has 4 atom stereocenters. The molecule has 2 aliphatic rings. The average Bonchev–Trinajstić information content (AvgIpc) is 2.86. The SMILES string of the molecule is CC(c1cc(Cl)ccc1Cl)N1CC2CCCC(N)C2C1. The zero-order valence-corrected chi connectivity index (χ0v) is 13.4. The highest BCUT2D eigenvalue weighted by Gasteiger charge is 2.40. The Morgan fingerprint density at radius 1 is 1.25 bits per heavy atom. The Labute approximate surface area is 131 Å². The summed E-state index contributed by atoms with van der Waals surface area (Å²) in [7, 11) is 0. The molecule has 2 fully saturated rings. The van der Waals surface area contributed by atoms with Gasteiger partial charge in [-0.05, 0) is 55.4 Å². The number of rotatable bonds is 2. The van der Waals surface area contributed by atoms with E-state index in [1.165, 1.54) is 19.3 Å². The molecule has 3 rings (SSSR count). The Morgan fingerprint density at radius 3 is 2.80 bits per heavy atom. The fourth-order valence-electron chi connectivity index (χ4n) is 3.90. The number of nitrogens with two attached hydrogens (primary N) is 1. The van der Waals surface area contributed by atoms with Crippen LogP contribution in [0.3, 0.4) is 0 Å². The molecular weight excluding hydrogens is 291 g/mol. The number of hydrogen-bond donors (Lipinski definition) is 1. The van der Waals surface area contributed by atoms with E-state index in [4.69, 9.17) is 28.9 Å². The predicted molar refractivity (Wildman–Crippen MR) is 85.3 cm³/mol. The summed E-state index contributed by atoms with van der Waals surface area (Å²) >= 11 is 12.5. The van der Waals surface area contributed by atoms with Crippen molar-refractivity contribution in [1.82, 2.24) is 4.90 Å². The van der Waals surface area contributed by atoms with E-state index in [1.54, 1.807) is 0 Å². The van der Waals surface area contributed by atoms with E-state index in [9.17, 15) is 0 Å². The van der Waals surface area contributed by atoms with Gasteiger partial charge in [-0.1, -0.05) is 29.6 Å². The standard InChI is InChI=1S/C16H22Cl2N2/c1-10(13-7-12(17)5-6-15(13)18)20-8-11-3-2-4-16(19)14(11)9-20/h5-7,10-11,14,16H,2-4,8-9,19H2,1H3. The summed E-state index contributed by atoms with van der Waals surface area (Å²) in [6.45, 7) is 4.46. The quantitative estimate of drug-likeness (QED) is 0.890. The fraction of sp³-hybridized carbons (Fsp3) is 0.625. The van der Waals surface area contributed by atoms with Crippen LogP contribution in [-0.4, -0.2) is 24.0 Å². The third-order valence-corrected chi connectivity index (χ3v) is 5.72. The van der Waals surface area contributed by atoms with Gasteiger partial charge in [0.1, 0.15) is 0 Å². The lowest BCUT2D eigenvalue weighted by molar-refractivity contribution is 0.245. The highest BCUT2D eigenvalue weighted by Crippen LogP contribution is 2.40. The fourth-order valence-corrected chi connectivity index (χ4v) is 4.35. The predicted octanol–water partition coefficient (Wildman–Crippen LogP) is 4.11. The maximum Gasteiger partial charge on any atom is 0.0454 e. The third kappa shape index (κ3) is 2.71. The summed E-state index contributed by atoms with van der Waals surface area (Å²) < 4.78 is 0. The lowest BCUT2D eigenvalue weighted by Gasteiger charge is -2.30. The van der Waals surface area contributed by atoms with Crippen LogP contribution in [0.1, 0.15) is 37.8 Å². The topological polar surface area (TPSA) is 29.3 Å². The number of benzene rings is 1. The highest BCUT2D eigenvalue weighted by molar-refractivity contribution is 6.33. The van der Waals surface area contributed by atoms with E-state index in [2.05, 4.69) is 11.8 Å². The number of hydrogen-bond acceptors (Lipinski definition) is 2. The van der Waals surface area contributed by atoms with Gasteiger partial charge in [-0.3, -0.25) is 4.90 Å². The largest absolute Gasteiger partial charge is 0.327 e. The number of fused-ring (bicyclic) bond motifs is 1. The summed E-state index contributed by atoms with van der Waals surface area (Å²) in [6.07, 6.45) is 3.79. The molecule has 0 bridgehead atoms. The van der Waals surface area contributed by atoms with E-state index < -0.39 is 0 Å². The Morgan fingerprint density at radius 2 is 2.05 bits per heavy atom. The van der Waals surface area contributed by atoms with Crippen molar-refractivity contribution < 1.29 is 0 Å². The second kappa shape index (κ2) is 5.84. The van der Waals surface area contributed by atoms with Crippen LogP contribution in [-0.2, 0) is 0 Å². The van der Waals surface area contributed by atoms with Crippen LogP contribution in [0.4, 0.5) is 0 Å². The molecule has 0 aromatic heterocycles. The molecule has 1 heterocycles. The van der Waals surface area contributed by atoms with Gasteiger partial charge in [0.15, 0.2) is 0 Å². The van der Waals surface area contributed by atoms with E-state index in [0.717, 1.165) is 34.6 Å². The van der Waals surface area contributed by atoms with Gasteiger partial charge in [0.05, 0.1) is 0 Å². The van der Waals surface area contributed by atoms with Crippen molar-refractivity contribution in [3.8, 4) is 0 Å². The van der Waals surface area contributed by atoms with E-state index in [1.807, 2.05) is 18.2 Å². The molecule has 2 N–H and O–H groups in total. The van der Waals surface area contributed by atoms with Crippen molar-refractivity contribution in [3.05, 3.63) is 33.8 Å². The van der Waals surface area contributed by atoms with Gasteiger partial charge in [0.2, 0.25) is 0 Å². The first-order valence-electron chi connectivity index (χ1n) is 7.51. The summed E-state index contributed by atoms with van der Waals surface area (Å²) in [5.74, 6) is 1.42. The minimum Gasteiger partial charge on any atom is -0.327 e. The van der Waals surface area contributed by atoms with Crippen molar-refractivity contribution >= 4 is 23.2 Å². The molecule has 4 unspecified atom stereocenters. The molecular formula is C16H22Cl2N2. The second-order valence-electron chi connectivity index (χ2n) is 6.31. The lowest BCUT2D eigenvalue weighted by atomic mass is 9.78. The molecule has 2 nitrogen and oxygen atoms in total. The average molecular weight is 313 g/mol. The molecule has 1 aliphatic heterocycles. The second-order valence-corrected chi connectivity index (χ2v) is 7.16. The van der Waals surface area contributed by atoms with Crippen molar-refractivity contribution in [2.24, 2.45) is 17.6 Å². The Kier molecular flexibility index (Phi) is 4.28. The Bertz CT molecular complexity index is 491. The maximum atomic E-state index is 6.34. The van der Waals surface area contributed by atoms with Crippen LogP contribution in [0, 0.1) is 11.8 Å². The minimum absolute atomic E-state index is 0.305. The van der Waals surface area contributed by atoms with Crippen molar-refractivity contribution in [2.45, 2.75) is 38.3 Å². The molecule has 0 radical (unpaired) electrons. The third-order valence-electron chi connectivity index (χ3n) is 5.14. The molecule has 1 saturated heterocycles. The molecule has 0 amide bonds. The molecule has 110 valence electrons. The van der Waals surface area contributed by atoms with Gasteiger partial charge in [-0.15, -0.1) is 0 Å². The van der Waals surface area contributed by atoms with Crippen LogP contribution in [0.5, 0.6) is 0 Å². The van der Waals surface area contributed by atoms with Crippen LogP contribution in [0.15, 0.2) is 18.2 Å². The lowest BCUT2D eigenvalue weighted by Crippen LogP contribution is -2.38. The van der Waals surface area contributed by atoms with Crippen molar-refractivity contribution in [3.63, 3.8) is 0 Å². The van der Waals surface area contributed by atoms with E-state index in [-0.39, 0.29) is 0 Å². The zero-order valence-electron chi connectivity index (χ0n) is 11.9. The van der Waals surface area contributed by atoms with Crippen LogP contribution in [0.2, 0.25) is 10.0 Å². The van der Waals surface area contributed by atoms with Gasteiger partial charge in [-0.25, -0.2) is 0 Å². The Balaban J connectivity index is 1.78. The molecule has 1 aliphatic carbocycles.